The van der Waals surface area contributed by atoms with E-state index in [1.54, 1.807) is 19.1 Å². The second kappa shape index (κ2) is 7.47. The molecule has 0 aliphatic carbocycles. The Balaban J connectivity index is 1.67. The summed E-state index contributed by atoms with van der Waals surface area (Å²) in [6, 6.07) is 9.15. The number of esters is 1. The van der Waals surface area contributed by atoms with Crippen molar-refractivity contribution in [2.24, 2.45) is 0 Å². The number of carbonyl (C=O) groups excluding carboxylic acids is 2. The molecule has 0 unspecified atom stereocenters. The number of furan rings is 1. The highest BCUT2D eigenvalue weighted by Crippen LogP contribution is 2.28. The number of nitrogens with one attached hydrogen (secondary N) is 1. The van der Waals surface area contributed by atoms with Gasteiger partial charge < -0.3 is 14.5 Å². The zero-order valence-electron chi connectivity index (χ0n) is 13.4. The quantitative estimate of drug-likeness (QED) is 0.574. The van der Waals surface area contributed by atoms with E-state index >= 15 is 0 Å². The Bertz CT molecular complexity index is 1020. The highest BCUT2D eigenvalue weighted by Gasteiger charge is 2.20. The minimum absolute atomic E-state index is 0.0172. The molecule has 134 valence electrons. The smallest absolute Gasteiger partial charge is 0.375 e. The average Bonchev–Trinajstić information content (AvgIpc) is 2.92. The number of amides is 1. The van der Waals surface area contributed by atoms with Crippen LogP contribution in [0, 0.1) is 12.7 Å². The fourth-order valence-electron chi connectivity index (χ4n) is 2.36. The van der Waals surface area contributed by atoms with Gasteiger partial charge in [0.2, 0.25) is 5.76 Å². The van der Waals surface area contributed by atoms with Crippen LogP contribution in [-0.2, 0) is 9.53 Å². The maximum absolute atomic E-state index is 13.7. The zero-order valence-corrected chi connectivity index (χ0v) is 15.8. The van der Waals surface area contributed by atoms with Crippen LogP contribution in [0.3, 0.4) is 0 Å². The number of halogens is 3. The van der Waals surface area contributed by atoms with Crippen molar-refractivity contribution in [2.75, 3.05) is 11.9 Å². The van der Waals surface area contributed by atoms with Gasteiger partial charge in [-0.3, -0.25) is 4.79 Å². The number of anilines is 1. The van der Waals surface area contributed by atoms with Crippen LogP contribution in [0.25, 0.3) is 11.0 Å². The highest BCUT2D eigenvalue weighted by atomic mass is 79.9. The van der Waals surface area contributed by atoms with Crippen LogP contribution < -0.4 is 5.32 Å². The predicted molar refractivity (Wildman–Crippen MR) is 99.0 cm³/mol. The maximum atomic E-state index is 13.7. The van der Waals surface area contributed by atoms with E-state index < -0.39 is 24.3 Å². The summed E-state index contributed by atoms with van der Waals surface area (Å²) in [6.07, 6.45) is 0. The Labute approximate surface area is 161 Å². The molecule has 1 N–H and O–H groups in total. The molecule has 26 heavy (non-hydrogen) atoms. The van der Waals surface area contributed by atoms with Crippen LogP contribution in [-0.4, -0.2) is 18.5 Å². The summed E-state index contributed by atoms with van der Waals surface area (Å²) in [6.45, 7) is 1.14. The molecule has 0 spiro atoms. The minimum atomic E-state index is -0.776. The SMILES string of the molecule is Cc1c(C(=O)OCC(=O)Nc2ccc(Cl)cc2F)oc2ccc(Br)cc12. The number of hydrogen-bond donors (Lipinski definition) is 1. The number of aryl methyl sites for hydroxylation is 1. The molecule has 0 bridgehead atoms. The first kappa shape index (κ1) is 18.4. The summed E-state index contributed by atoms with van der Waals surface area (Å²) in [5, 5.41) is 3.28. The van der Waals surface area contributed by atoms with E-state index in [-0.39, 0.29) is 16.5 Å². The molecule has 3 aromatic rings. The molecule has 1 amide bonds. The lowest BCUT2D eigenvalue weighted by atomic mass is 10.1. The van der Waals surface area contributed by atoms with E-state index in [2.05, 4.69) is 21.2 Å². The van der Waals surface area contributed by atoms with Crippen LogP contribution >= 0.6 is 27.5 Å². The molecule has 0 aliphatic heterocycles. The third kappa shape index (κ3) is 3.89. The van der Waals surface area contributed by atoms with Gasteiger partial charge in [0.05, 0.1) is 5.69 Å². The molecule has 3 rings (SSSR count). The van der Waals surface area contributed by atoms with Gasteiger partial charge in [0.15, 0.2) is 6.61 Å². The summed E-state index contributed by atoms with van der Waals surface area (Å²) >= 11 is 9.00. The molecule has 1 heterocycles. The second-order valence-electron chi connectivity index (χ2n) is 5.45. The maximum Gasteiger partial charge on any atom is 0.375 e. The molecule has 0 saturated heterocycles. The molecule has 1 aromatic heterocycles. The van der Waals surface area contributed by atoms with Crippen LogP contribution in [0.5, 0.6) is 0 Å². The lowest BCUT2D eigenvalue weighted by Crippen LogP contribution is -2.21. The molecular formula is C18H12BrClFNO4. The van der Waals surface area contributed by atoms with Crippen molar-refractivity contribution in [1.29, 1.82) is 0 Å². The highest BCUT2D eigenvalue weighted by molar-refractivity contribution is 9.10. The van der Waals surface area contributed by atoms with E-state index in [0.717, 1.165) is 15.9 Å². The molecule has 0 aliphatic rings. The lowest BCUT2D eigenvalue weighted by molar-refractivity contribution is -0.119. The van der Waals surface area contributed by atoms with Gasteiger partial charge in [-0.1, -0.05) is 27.5 Å². The van der Waals surface area contributed by atoms with Crippen molar-refractivity contribution in [3.05, 3.63) is 63.0 Å². The Kier molecular flexibility index (Phi) is 5.29. The Morgan fingerprint density at radius 1 is 1.27 bits per heavy atom. The molecule has 8 heteroatoms. The van der Waals surface area contributed by atoms with Crippen LogP contribution in [0.1, 0.15) is 16.1 Å². The van der Waals surface area contributed by atoms with Gasteiger partial charge in [-0.2, -0.15) is 0 Å². The van der Waals surface area contributed by atoms with Crippen molar-refractivity contribution in [3.63, 3.8) is 0 Å². The number of fused-ring (bicyclic) bond motifs is 1. The fraction of sp³-hybridized carbons (Fsp3) is 0.111. The van der Waals surface area contributed by atoms with Crippen molar-refractivity contribution in [3.8, 4) is 0 Å². The molecule has 0 atom stereocenters. The van der Waals surface area contributed by atoms with Gasteiger partial charge >= 0.3 is 5.97 Å². The van der Waals surface area contributed by atoms with Crippen LogP contribution in [0.15, 0.2) is 45.3 Å². The topological polar surface area (TPSA) is 68.5 Å². The summed E-state index contributed by atoms with van der Waals surface area (Å²) in [5.74, 6) is -2.13. The van der Waals surface area contributed by atoms with E-state index in [1.807, 2.05) is 6.07 Å². The Morgan fingerprint density at radius 3 is 2.77 bits per heavy atom. The Hall–Kier alpha value is -2.38. The average molecular weight is 441 g/mol. The first-order chi connectivity index (χ1) is 12.3. The third-order valence-corrected chi connectivity index (χ3v) is 4.35. The summed E-state index contributed by atoms with van der Waals surface area (Å²) < 4.78 is 25.0. The van der Waals surface area contributed by atoms with E-state index in [0.29, 0.717) is 11.1 Å². The van der Waals surface area contributed by atoms with Gasteiger partial charge in [-0.15, -0.1) is 0 Å². The number of rotatable bonds is 4. The molecule has 2 aromatic carbocycles. The van der Waals surface area contributed by atoms with E-state index in [4.69, 9.17) is 20.8 Å². The molecule has 0 saturated carbocycles. The molecule has 5 nitrogen and oxygen atoms in total. The van der Waals surface area contributed by atoms with Crippen LogP contribution in [0.4, 0.5) is 10.1 Å². The number of hydrogen-bond acceptors (Lipinski definition) is 4. The van der Waals surface area contributed by atoms with Gasteiger partial charge in [-0.25, -0.2) is 9.18 Å². The molecule has 0 fully saturated rings. The van der Waals surface area contributed by atoms with Crippen molar-refractivity contribution in [1.82, 2.24) is 0 Å². The first-order valence-corrected chi connectivity index (χ1v) is 8.63. The lowest BCUT2D eigenvalue weighted by Gasteiger charge is -2.07. The fourth-order valence-corrected chi connectivity index (χ4v) is 2.88. The first-order valence-electron chi connectivity index (χ1n) is 7.46. The van der Waals surface area contributed by atoms with Gasteiger partial charge in [0, 0.05) is 20.4 Å². The summed E-state index contributed by atoms with van der Waals surface area (Å²) in [7, 11) is 0. The van der Waals surface area contributed by atoms with Crippen molar-refractivity contribution in [2.45, 2.75) is 6.92 Å². The van der Waals surface area contributed by atoms with Crippen LogP contribution in [0.2, 0.25) is 5.02 Å². The van der Waals surface area contributed by atoms with Crippen molar-refractivity contribution < 1.29 is 23.1 Å². The minimum Gasteiger partial charge on any atom is -0.450 e. The normalized spacial score (nSPS) is 10.8. The predicted octanol–water partition coefficient (Wildman–Crippen LogP) is 5.09. The monoisotopic (exact) mass is 439 g/mol. The van der Waals surface area contributed by atoms with Gasteiger partial charge in [-0.05, 0) is 43.3 Å². The van der Waals surface area contributed by atoms with Gasteiger partial charge in [0.25, 0.3) is 5.91 Å². The van der Waals surface area contributed by atoms with E-state index in [1.165, 1.54) is 12.1 Å². The van der Waals surface area contributed by atoms with E-state index in [9.17, 15) is 14.0 Å². The largest absolute Gasteiger partial charge is 0.450 e. The van der Waals surface area contributed by atoms with Crippen molar-refractivity contribution >= 4 is 56.1 Å². The summed E-state index contributed by atoms with van der Waals surface area (Å²) in [5.41, 5.74) is 1.08. The molecular weight excluding hydrogens is 429 g/mol. The Morgan fingerprint density at radius 2 is 2.04 bits per heavy atom. The standard InChI is InChI=1S/C18H12BrClFNO4/c1-9-12-6-10(19)2-5-15(12)26-17(9)18(24)25-8-16(23)22-14-4-3-11(20)7-13(14)21/h2-7H,8H2,1H3,(H,22,23). The second-order valence-corrected chi connectivity index (χ2v) is 6.80. The van der Waals surface area contributed by atoms with Gasteiger partial charge in [0.1, 0.15) is 11.4 Å². The molecule has 0 radical (unpaired) electrons. The third-order valence-electron chi connectivity index (χ3n) is 3.62. The number of ether oxygens (including phenoxy) is 1. The number of carbonyl (C=O) groups is 2. The summed E-state index contributed by atoms with van der Waals surface area (Å²) in [4.78, 5) is 24.1. The number of benzene rings is 2. The zero-order chi connectivity index (χ0) is 18.8.